The Labute approximate surface area is 222 Å². The van der Waals surface area contributed by atoms with Gasteiger partial charge in [0.1, 0.15) is 24.4 Å². The van der Waals surface area contributed by atoms with Gasteiger partial charge >= 0.3 is 0 Å². The fourth-order valence-corrected chi connectivity index (χ4v) is 7.37. The molecule has 0 aliphatic rings. The van der Waals surface area contributed by atoms with Crippen LogP contribution in [0, 0.1) is 10.7 Å². The van der Waals surface area contributed by atoms with Gasteiger partial charge in [0.25, 0.3) is 5.91 Å². The van der Waals surface area contributed by atoms with Crippen LogP contribution in [0.2, 0.25) is 0 Å². The van der Waals surface area contributed by atoms with Crippen LogP contribution in [0.4, 0.5) is 5.69 Å². The summed E-state index contributed by atoms with van der Waals surface area (Å²) in [5.74, 6) is -0.507. The molecule has 4 atom stereocenters. The van der Waals surface area contributed by atoms with E-state index < -0.39 is 36.9 Å². The number of carbonyl (C=O) groups is 2. The Morgan fingerprint density at radius 3 is 2.06 bits per heavy atom. The first kappa shape index (κ1) is 29.2. The maximum Gasteiger partial charge on any atom is 0.255 e. The normalized spacial score (nSPS) is 15.2. The quantitative estimate of drug-likeness (QED) is 0.221. The second-order valence-electron chi connectivity index (χ2n) is 7.06. The number of rotatable bonds is 10. The lowest BCUT2D eigenvalue weighted by molar-refractivity contribution is -0.118. The van der Waals surface area contributed by atoms with E-state index in [4.69, 9.17) is 5.11 Å². The van der Waals surface area contributed by atoms with Crippen LogP contribution >= 0.6 is 67.8 Å². The smallest absolute Gasteiger partial charge is 0.255 e. The Kier molecular flexibility index (Phi) is 12.4. The third-order valence-corrected chi connectivity index (χ3v) is 7.39. The molecule has 0 aliphatic heterocycles. The van der Waals surface area contributed by atoms with Gasteiger partial charge in [-0.25, -0.2) is 0 Å². The minimum absolute atomic E-state index is 0.0683. The first-order valence-electron chi connectivity index (χ1n) is 9.41. The number of hydrogen-bond donors (Lipinski definition) is 5. The van der Waals surface area contributed by atoms with Crippen LogP contribution in [-0.4, -0.2) is 93.9 Å². The zero-order valence-electron chi connectivity index (χ0n) is 17.3. The van der Waals surface area contributed by atoms with Gasteiger partial charge in [-0.05, 0) is 80.3 Å². The van der Waals surface area contributed by atoms with Crippen molar-refractivity contribution in [2.24, 2.45) is 0 Å². The number of hydrogen-bond acceptors (Lipinski definition) is 7. The molecule has 0 saturated heterocycles. The second-order valence-corrected chi connectivity index (χ2v) is 10.5. The largest absolute Gasteiger partial charge is 0.394 e. The topological polar surface area (TPSA) is 142 Å². The zero-order chi connectivity index (χ0) is 24.0. The standard InChI is InChI=1S/C19H27I3N2O7/c1-4-5-13(28)24(3)16-10(21)6-9(20)14(15(16)22)19(31)23(2)7-11(26)17(29)18(30)12(27)8-25/h6,11-12,17-18,25-27,29-30H,4-5,7-8H2,1-3H3/t11-,12+,17+,18+/m0/s1. The molecule has 1 aromatic rings. The first-order valence-corrected chi connectivity index (χ1v) is 12.6. The molecule has 0 spiro atoms. The van der Waals surface area contributed by atoms with Crippen molar-refractivity contribution in [3.63, 3.8) is 0 Å². The van der Waals surface area contributed by atoms with Crippen LogP contribution in [0.3, 0.4) is 0 Å². The highest BCUT2D eigenvalue weighted by Gasteiger charge is 2.32. The van der Waals surface area contributed by atoms with Crippen molar-refractivity contribution >= 4 is 85.3 Å². The summed E-state index contributed by atoms with van der Waals surface area (Å²) in [5, 5.41) is 48.3. The van der Waals surface area contributed by atoms with Gasteiger partial charge in [0.2, 0.25) is 5.91 Å². The SMILES string of the molecule is CCCC(=O)N(C)c1c(I)cc(I)c(C(=O)N(C)C[C@H](O)[C@@H](O)[C@H](O)[C@H](O)CO)c1I. The number of amides is 2. The molecule has 0 saturated carbocycles. The molecule has 0 aliphatic carbocycles. The molecule has 0 heterocycles. The summed E-state index contributed by atoms with van der Waals surface area (Å²) in [5.41, 5.74) is 0.979. The van der Waals surface area contributed by atoms with Crippen LogP contribution in [0.25, 0.3) is 0 Å². The van der Waals surface area contributed by atoms with Gasteiger partial charge in [-0.1, -0.05) is 6.92 Å². The molecule has 9 nitrogen and oxygen atoms in total. The Balaban J connectivity index is 3.17. The molecular formula is C19H27I3N2O7. The maximum atomic E-state index is 13.2. The molecule has 31 heavy (non-hydrogen) atoms. The van der Waals surface area contributed by atoms with Crippen molar-refractivity contribution in [2.75, 3.05) is 32.1 Å². The molecule has 2 amide bonds. The highest BCUT2D eigenvalue weighted by Crippen LogP contribution is 2.35. The second kappa shape index (κ2) is 13.1. The van der Waals surface area contributed by atoms with E-state index in [1.165, 1.54) is 16.8 Å². The van der Waals surface area contributed by atoms with Gasteiger partial charge in [0, 0.05) is 34.2 Å². The van der Waals surface area contributed by atoms with Crippen LogP contribution in [0.15, 0.2) is 6.07 Å². The molecular weight excluding hydrogens is 749 g/mol. The first-order chi connectivity index (χ1) is 14.4. The van der Waals surface area contributed by atoms with Crippen molar-refractivity contribution < 1.29 is 35.1 Å². The van der Waals surface area contributed by atoms with Crippen molar-refractivity contribution in [1.29, 1.82) is 0 Å². The van der Waals surface area contributed by atoms with Crippen molar-refractivity contribution in [1.82, 2.24) is 4.90 Å². The zero-order valence-corrected chi connectivity index (χ0v) is 23.8. The van der Waals surface area contributed by atoms with Gasteiger partial charge in [-0.2, -0.15) is 0 Å². The van der Waals surface area contributed by atoms with Gasteiger partial charge in [0.05, 0.1) is 21.4 Å². The monoisotopic (exact) mass is 776 g/mol. The summed E-state index contributed by atoms with van der Waals surface area (Å²) < 4.78 is 2.06. The number of benzene rings is 1. The van der Waals surface area contributed by atoms with E-state index >= 15 is 0 Å². The summed E-state index contributed by atoms with van der Waals surface area (Å²) in [6.45, 7) is 0.800. The number of halogens is 3. The summed E-state index contributed by atoms with van der Waals surface area (Å²) in [6, 6.07) is 1.79. The molecule has 176 valence electrons. The highest BCUT2D eigenvalue weighted by molar-refractivity contribution is 14.1. The van der Waals surface area contributed by atoms with E-state index in [-0.39, 0.29) is 12.5 Å². The molecule has 0 fully saturated rings. The van der Waals surface area contributed by atoms with Gasteiger partial charge in [-0.15, -0.1) is 0 Å². The van der Waals surface area contributed by atoms with E-state index in [1.54, 1.807) is 13.1 Å². The van der Waals surface area contributed by atoms with Crippen molar-refractivity contribution in [3.8, 4) is 0 Å². The summed E-state index contributed by atoms with van der Waals surface area (Å²) in [6.07, 6.45) is -5.64. The van der Waals surface area contributed by atoms with E-state index in [1.807, 2.05) is 52.1 Å². The van der Waals surface area contributed by atoms with Gasteiger partial charge in [-0.3, -0.25) is 9.59 Å². The predicted octanol–water partition coefficient (Wildman–Crippen LogP) is 0.771. The third kappa shape index (κ3) is 7.31. The lowest BCUT2D eigenvalue weighted by Gasteiger charge is -2.29. The van der Waals surface area contributed by atoms with E-state index in [2.05, 4.69) is 22.6 Å². The predicted molar refractivity (Wildman–Crippen MR) is 141 cm³/mol. The maximum absolute atomic E-state index is 13.2. The van der Waals surface area contributed by atoms with E-state index in [9.17, 15) is 30.0 Å². The fourth-order valence-electron chi connectivity index (χ4n) is 2.82. The number of anilines is 1. The average Bonchev–Trinajstić information content (AvgIpc) is 2.71. The molecule has 5 N–H and O–H groups in total. The number of aliphatic hydroxyl groups excluding tert-OH is 5. The van der Waals surface area contributed by atoms with Crippen molar-refractivity contribution in [3.05, 3.63) is 22.3 Å². The van der Waals surface area contributed by atoms with Crippen LogP contribution in [0.1, 0.15) is 30.1 Å². The Morgan fingerprint density at radius 2 is 1.55 bits per heavy atom. The Morgan fingerprint density at radius 1 is 1.00 bits per heavy atom. The number of nitrogens with zero attached hydrogens (tertiary/aromatic N) is 2. The number of aliphatic hydroxyl groups is 5. The molecule has 12 heteroatoms. The lowest BCUT2D eigenvalue weighted by Crippen LogP contribution is -2.50. The highest BCUT2D eigenvalue weighted by atomic mass is 127. The molecule has 0 unspecified atom stereocenters. The molecule has 0 aromatic heterocycles. The summed E-state index contributed by atoms with van der Waals surface area (Å²) >= 11 is 6.18. The summed E-state index contributed by atoms with van der Waals surface area (Å²) in [4.78, 5) is 28.3. The van der Waals surface area contributed by atoms with Crippen LogP contribution in [-0.2, 0) is 4.79 Å². The van der Waals surface area contributed by atoms with Gasteiger partial charge in [0.15, 0.2) is 0 Å². The third-order valence-electron chi connectivity index (χ3n) is 4.67. The molecule has 1 rings (SSSR count). The van der Waals surface area contributed by atoms with Crippen LogP contribution in [0.5, 0.6) is 0 Å². The van der Waals surface area contributed by atoms with E-state index in [0.29, 0.717) is 31.2 Å². The summed E-state index contributed by atoms with van der Waals surface area (Å²) in [7, 11) is 3.10. The molecule has 0 bridgehead atoms. The molecule has 1 aromatic carbocycles. The van der Waals surface area contributed by atoms with Crippen LogP contribution < -0.4 is 4.90 Å². The Hall–Kier alpha value is 0.150. The fraction of sp³-hybridized carbons (Fsp3) is 0.579. The number of carbonyl (C=O) groups excluding carboxylic acids is 2. The minimum atomic E-state index is -1.77. The number of likely N-dealkylation sites (N-methyl/N-ethyl adjacent to an activating group) is 1. The van der Waals surface area contributed by atoms with E-state index in [0.717, 1.165) is 3.57 Å². The minimum Gasteiger partial charge on any atom is -0.394 e. The van der Waals surface area contributed by atoms with Gasteiger partial charge < -0.3 is 35.3 Å². The Bertz CT molecular complexity index is 796. The molecule has 0 radical (unpaired) electrons. The van der Waals surface area contributed by atoms with Crippen molar-refractivity contribution in [2.45, 2.75) is 44.2 Å². The average molecular weight is 776 g/mol. The lowest BCUT2D eigenvalue weighted by atomic mass is 10.0.